The van der Waals surface area contributed by atoms with E-state index in [0.717, 1.165) is 50.5 Å². The molecule has 2 heteroatoms. The second kappa shape index (κ2) is 12.0. The summed E-state index contributed by atoms with van der Waals surface area (Å²) in [6, 6.07) is 2.67. The van der Waals surface area contributed by atoms with Crippen LogP contribution in [0.5, 0.6) is 0 Å². The summed E-state index contributed by atoms with van der Waals surface area (Å²) >= 11 is 0. The van der Waals surface area contributed by atoms with E-state index in [1.165, 1.54) is 70.6 Å². The normalized spacial score (nSPS) is 32.3. The number of ether oxygens (including phenoxy) is 1. The van der Waals surface area contributed by atoms with Crippen LogP contribution in [-0.2, 0) is 4.74 Å². The molecule has 0 saturated heterocycles. The van der Waals surface area contributed by atoms with Gasteiger partial charge in [0, 0.05) is 6.61 Å². The SMILES string of the molecule is CCCCCC1CCC(COC2CCC(C#N)(CCCCC)CC2)CC1. The van der Waals surface area contributed by atoms with Gasteiger partial charge >= 0.3 is 0 Å². The molecule has 0 radical (unpaired) electrons. The second-order valence-corrected chi connectivity index (χ2v) is 9.26. The van der Waals surface area contributed by atoms with Gasteiger partial charge in [-0.15, -0.1) is 0 Å². The highest BCUT2D eigenvalue weighted by Crippen LogP contribution is 2.41. The Kier molecular flexibility index (Phi) is 10.1. The van der Waals surface area contributed by atoms with Crippen molar-refractivity contribution in [2.75, 3.05) is 6.61 Å². The number of unbranched alkanes of at least 4 members (excludes halogenated alkanes) is 4. The van der Waals surface area contributed by atoms with E-state index in [-0.39, 0.29) is 5.41 Å². The summed E-state index contributed by atoms with van der Waals surface area (Å²) in [5.41, 5.74) is -0.0361. The Morgan fingerprint density at radius 3 is 2.08 bits per heavy atom. The highest BCUT2D eigenvalue weighted by molar-refractivity contribution is 5.01. The van der Waals surface area contributed by atoms with Crippen LogP contribution in [0.2, 0.25) is 0 Å². The van der Waals surface area contributed by atoms with E-state index in [1.807, 2.05) is 0 Å². The molecule has 0 aromatic rings. The van der Waals surface area contributed by atoms with Crippen molar-refractivity contribution in [3.63, 3.8) is 0 Å². The molecule has 2 rings (SSSR count). The molecule has 0 aromatic heterocycles. The van der Waals surface area contributed by atoms with Gasteiger partial charge in [-0.1, -0.05) is 71.6 Å². The van der Waals surface area contributed by atoms with Crippen LogP contribution in [0.25, 0.3) is 0 Å². The quantitative estimate of drug-likeness (QED) is 0.359. The summed E-state index contributed by atoms with van der Waals surface area (Å²) in [5.74, 6) is 1.79. The number of hydrogen-bond acceptors (Lipinski definition) is 2. The molecule has 0 unspecified atom stereocenters. The number of rotatable bonds is 11. The van der Waals surface area contributed by atoms with Crippen molar-refractivity contribution in [2.45, 2.75) is 123 Å². The molecule has 2 fully saturated rings. The van der Waals surface area contributed by atoms with Crippen molar-refractivity contribution in [2.24, 2.45) is 17.3 Å². The molecule has 0 bridgehead atoms. The van der Waals surface area contributed by atoms with Crippen LogP contribution < -0.4 is 0 Å². The lowest BCUT2D eigenvalue weighted by atomic mass is 9.71. The van der Waals surface area contributed by atoms with E-state index < -0.39 is 0 Å². The summed E-state index contributed by atoms with van der Waals surface area (Å²) in [6.07, 6.45) is 20.8. The minimum absolute atomic E-state index is 0.0361. The van der Waals surface area contributed by atoms with E-state index in [9.17, 15) is 5.26 Å². The first-order chi connectivity index (χ1) is 12.7. The molecule has 0 aromatic carbocycles. The van der Waals surface area contributed by atoms with Crippen molar-refractivity contribution in [3.05, 3.63) is 0 Å². The third-order valence-electron chi connectivity index (χ3n) is 7.14. The number of nitrogens with zero attached hydrogens (tertiary/aromatic N) is 1. The fourth-order valence-corrected chi connectivity index (χ4v) is 5.08. The highest BCUT2D eigenvalue weighted by Gasteiger charge is 2.35. The van der Waals surface area contributed by atoms with Gasteiger partial charge in [-0.05, 0) is 56.8 Å². The highest BCUT2D eigenvalue weighted by atomic mass is 16.5. The predicted octanol–water partition coefficient (Wildman–Crippen LogP) is 7.42. The molecule has 150 valence electrons. The van der Waals surface area contributed by atoms with Crippen LogP contribution >= 0.6 is 0 Å². The summed E-state index contributed by atoms with van der Waals surface area (Å²) in [6.45, 7) is 5.51. The van der Waals surface area contributed by atoms with Crippen molar-refractivity contribution in [3.8, 4) is 6.07 Å². The van der Waals surface area contributed by atoms with E-state index in [1.54, 1.807) is 0 Å². The summed E-state index contributed by atoms with van der Waals surface area (Å²) in [4.78, 5) is 0. The van der Waals surface area contributed by atoms with Gasteiger partial charge < -0.3 is 4.74 Å². The van der Waals surface area contributed by atoms with Crippen LogP contribution in [0.1, 0.15) is 117 Å². The maximum Gasteiger partial charge on any atom is 0.0689 e. The summed E-state index contributed by atoms with van der Waals surface area (Å²) in [5, 5.41) is 9.67. The molecule has 0 atom stereocenters. The van der Waals surface area contributed by atoms with Gasteiger partial charge in [-0.3, -0.25) is 0 Å². The van der Waals surface area contributed by atoms with Crippen LogP contribution in [0.4, 0.5) is 0 Å². The van der Waals surface area contributed by atoms with Gasteiger partial charge in [-0.2, -0.15) is 5.26 Å². The Hall–Kier alpha value is -0.550. The Balaban J connectivity index is 1.59. The monoisotopic (exact) mass is 361 g/mol. The average Bonchev–Trinajstić information content (AvgIpc) is 2.69. The molecule has 0 heterocycles. The van der Waals surface area contributed by atoms with Crippen LogP contribution in [-0.4, -0.2) is 12.7 Å². The number of hydrogen-bond donors (Lipinski definition) is 0. The Labute approximate surface area is 163 Å². The van der Waals surface area contributed by atoms with Gasteiger partial charge in [0.25, 0.3) is 0 Å². The van der Waals surface area contributed by atoms with E-state index in [4.69, 9.17) is 4.74 Å². The maximum absolute atomic E-state index is 9.67. The van der Waals surface area contributed by atoms with Gasteiger partial charge in [0.15, 0.2) is 0 Å². The lowest BCUT2D eigenvalue weighted by molar-refractivity contribution is -0.0185. The smallest absolute Gasteiger partial charge is 0.0689 e. The molecule has 26 heavy (non-hydrogen) atoms. The molecule has 2 saturated carbocycles. The molecule has 0 spiro atoms. The zero-order valence-corrected chi connectivity index (χ0v) is 17.6. The second-order valence-electron chi connectivity index (χ2n) is 9.26. The molecular formula is C24H43NO. The third-order valence-corrected chi connectivity index (χ3v) is 7.14. The molecule has 0 aliphatic heterocycles. The first-order valence-corrected chi connectivity index (χ1v) is 11.7. The summed E-state index contributed by atoms with van der Waals surface area (Å²) in [7, 11) is 0. The first kappa shape index (κ1) is 21.7. The van der Waals surface area contributed by atoms with E-state index in [0.29, 0.717) is 6.10 Å². The van der Waals surface area contributed by atoms with Crippen molar-refractivity contribution < 1.29 is 4.74 Å². The molecule has 2 aliphatic carbocycles. The van der Waals surface area contributed by atoms with Gasteiger partial charge in [0.1, 0.15) is 0 Å². The maximum atomic E-state index is 9.67. The minimum Gasteiger partial charge on any atom is -0.378 e. The van der Waals surface area contributed by atoms with Gasteiger partial charge in [0.2, 0.25) is 0 Å². The standard InChI is InChI=1S/C24H43NO/c1-3-5-7-9-21-10-12-22(13-11-21)19-26-23-14-17-24(20-25,18-15-23)16-8-6-4-2/h21-23H,3-19H2,1-2H3. The van der Waals surface area contributed by atoms with E-state index >= 15 is 0 Å². The third kappa shape index (κ3) is 7.22. The molecule has 2 aliphatic rings. The first-order valence-electron chi connectivity index (χ1n) is 11.7. The van der Waals surface area contributed by atoms with E-state index in [2.05, 4.69) is 19.9 Å². The van der Waals surface area contributed by atoms with Gasteiger partial charge in [-0.25, -0.2) is 0 Å². The lowest BCUT2D eigenvalue weighted by Crippen LogP contribution is -2.31. The zero-order valence-electron chi connectivity index (χ0n) is 17.6. The topological polar surface area (TPSA) is 33.0 Å². The number of nitriles is 1. The van der Waals surface area contributed by atoms with Crippen LogP contribution in [0, 0.1) is 28.6 Å². The van der Waals surface area contributed by atoms with Crippen molar-refractivity contribution >= 4 is 0 Å². The Bertz CT molecular complexity index is 397. The Morgan fingerprint density at radius 2 is 1.46 bits per heavy atom. The lowest BCUT2D eigenvalue weighted by Gasteiger charge is -2.36. The van der Waals surface area contributed by atoms with Crippen molar-refractivity contribution in [1.29, 1.82) is 5.26 Å². The van der Waals surface area contributed by atoms with Crippen LogP contribution in [0.15, 0.2) is 0 Å². The Morgan fingerprint density at radius 1 is 0.846 bits per heavy atom. The predicted molar refractivity (Wildman–Crippen MR) is 110 cm³/mol. The minimum atomic E-state index is -0.0361. The fraction of sp³-hybridized carbons (Fsp3) is 0.958. The van der Waals surface area contributed by atoms with Crippen molar-refractivity contribution in [1.82, 2.24) is 0 Å². The molecule has 0 N–H and O–H groups in total. The summed E-state index contributed by atoms with van der Waals surface area (Å²) < 4.78 is 6.31. The van der Waals surface area contributed by atoms with Crippen LogP contribution in [0.3, 0.4) is 0 Å². The molecule has 2 nitrogen and oxygen atoms in total. The molecule has 0 amide bonds. The fourth-order valence-electron chi connectivity index (χ4n) is 5.08. The average molecular weight is 362 g/mol. The largest absolute Gasteiger partial charge is 0.378 e. The zero-order chi connectivity index (χ0) is 18.7. The van der Waals surface area contributed by atoms with Gasteiger partial charge in [0.05, 0.1) is 17.6 Å². The molecular weight excluding hydrogens is 318 g/mol.